The molecule has 0 aliphatic carbocycles. The van der Waals surface area contributed by atoms with Crippen molar-refractivity contribution in [3.05, 3.63) is 57.4 Å². The second-order valence-corrected chi connectivity index (χ2v) is 10.2. The highest BCUT2D eigenvalue weighted by atomic mass is 32.2. The normalized spacial score (nSPS) is 23.3. The van der Waals surface area contributed by atoms with Crippen LogP contribution in [0.25, 0.3) is 11.7 Å². The molecule has 0 aromatic carbocycles. The van der Waals surface area contributed by atoms with Crippen LogP contribution >= 0.6 is 24.0 Å². The summed E-state index contributed by atoms with van der Waals surface area (Å²) in [5.74, 6) is 1.44. The van der Waals surface area contributed by atoms with Crippen molar-refractivity contribution >= 4 is 51.7 Å². The first-order valence-electron chi connectivity index (χ1n) is 10.4. The number of carbonyl (C=O) groups excluding carboxylic acids is 1. The van der Waals surface area contributed by atoms with Crippen LogP contribution in [0.1, 0.15) is 31.4 Å². The first kappa shape index (κ1) is 21.8. The molecule has 31 heavy (non-hydrogen) atoms. The smallest absolute Gasteiger partial charge is 0.267 e. The molecule has 2 aromatic heterocycles. The van der Waals surface area contributed by atoms with Crippen LogP contribution in [-0.4, -0.2) is 44.1 Å². The van der Waals surface area contributed by atoms with Crippen molar-refractivity contribution in [3.63, 3.8) is 0 Å². The van der Waals surface area contributed by atoms with Crippen LogP contribution in [0.4, 0.5) is 5.82 Å². The Balaban J connectivity index is 1.89. The van der Waals surface area contributed by atoms with Gasteiger partial charge >= 0.3 is 0 Å². The number of thioether (sulfide) groups is 1. The second kappa shape index (κ2) is 8.59. The number of aromatic nitrogens is 2. The Morgan fingerprint density at radius 1 is 1.26 bits per heavy atom. The third-order valence-electron chi connectivity index (χ3n) is 5.61. The van der Waals surface area contributed by atoms with E-state index >= 15 is 0 Å². The lowest BCUT2D eigenvalue weighted by Crippen LogP contribution is -2.40. The van der Waals surface area contributed by atoms with Crippen LogP contribution < -0.4 is 10.5 Å². The number of hydrogen-bond donors (Lipinski definition) is 0. The average Bonchev–Trinajstić information content (AvgIpc) is 2.97. The van der Waals surface area contributed by atoms with E-state index in [1.807, 2.05) is 19.1 Å². The molecular formula is C23H26N4O2S2. The maximum Gasteiger partial charge on any atom is 0.267 e. The highest BCUT2D eigenvalue weighted by molar-refractivity contribution is 8.26. The minimum atomic E-state index is -0.199. The van der Waals surface area contributed by atoms with Gasteiger partial charge < -0.3 is 4.90 Å². The largest absolute Gasteiger partial charge is 0.355 e. The monoisotopic (exact) mass is 454 g/mol. The Morgan fingerprint density at radius 2 is 1.97 bits per heavy atom. The van der Waals surface area contributed by atoms with Gasteiger partial charge in [0.05, 0.1) is 10.5 Å². The number of nitrogens with zero attached hydrogens (tertiary/aromatic N) is 4. The summed E-state index contributed by atoms with van der Waals surface area (Å²) in [6, 6.07) is 3.82. The summed E-state index contributed by atoms with van der Waals surface area (Å²) in [4.78, 5) is 35.5. The summed E-state index contributed by atoms with van der Waals surface area (Å²) in [5, 5.41) is 0. The number of hydrogen-bond acceptors (Lipinski definition) is 6. The number of anilines is 1. The first-order chi connectivity index (χ1) is 14.8. The lowest BCUT2D eigenvalue weighted by molar-refractivity contribution is -0.121. The van der Waals surface area contributed by atoms with E-state index in [2.05, 4.69) is 25.3 Å². The molecule has 1 amide bonds. The van der Waals surface area contributed by atoms with Crippen LogP contribution in [0.15, 0.2) is 40.7 Å². The fourth-order valence-electron chi connectivity index (χ4n) is 4.37. The maximum absolute atomic E-state index is 13.6. The molecule has 4 rings (SSSR count). The number of piperidine rings is 1. The van der Waals surface area contributed by atoms with Crippen LogP contribution in [0.5, 0.6) is 0 Å². The van der Waals surface area contributed by atoms with Gasteiger partial charge in [-0.05, 0) is 42.9 Å². The van der Waals surface area contributed by atoms with E-state index in [1.165, 1.54) is 16.7 Å². The second-order valence-electron chi connectivity index (χ2n) is 8.52. The number of amides is 1. The lowest BCUT2D eigenvalue weighted by atomic mass is 9.91. The molecule has 0 bridgehead atoms. The fourth-order valence-corrected chi connectivity index (χ4v) is 5.62. The van der Waals surface area contributed by atoms with Crippen LogP contribution in [0.3, 0.4) is 0 Å². The van der Waals surface area contributed by atoms with Gasteiger partial charge in [0, 0.05) is 25.8 Å². The number of rotatable bonds is 4. The van der Waals surface area contributed by atoms with Gasteiger partial charge in [0.2, 0.25) is 0 Å². The summed E-state index contributed by atoms with van der Waals surface area (Å²) in [7, 11) is 0. The SMILES string of the molecule is C=CCN1C(=O)/C(=C/c2c(N3C[C@@H](C)C[C@H](C)C3)nc3ccc(C)cn3c2=O)SC1=S. The summed E-state index contributed by atoms with van der Waals surface area (Å²) in [6.45, 7) is 12.1. The Morgan fingerprint density at radius 3 is 2.65 bits per heavy atom. The van der Waals surface area contributed by atoms with Gasteiger partial charge in [0.15, 0.2) is 0 Å². The zero-order chi connectivity index (χ0) is 22.3. The van der Waals surface area contributed by atoms with Crippen molar-refractivity contribution in [2.45, 2.75) is 27.2 Å². The fraction of sp³-hybridized carbons (Fsp3) is 0.391. The summed E-state index contributed by atoms with van der Waals surface area (Å²) >= 11 is 6.58. The molecule has 162 valence electrons. The molecule has 2 fully saturated rings. The average molecular weight is 455 g/mol. The van der Waals surface area contributed by atoms with Crippen LogP contribution in [-0.2, 0) is 4.79 Å². The zero-order valence-electron chi connectivity index (χ0n) is 18.0. The van der Waals surface area contributed by atoms with Crippen molar-refractivity contribution < 1.29 is 4.79 Å². The number of aryl methyl sites for hydroxylation is 1. The Labute approximate surface area is 191 Å². The number of pyridine rings is 1. The highest BCUT2D eigenvalue weighted by Crippen LogP contribution is 2.34. The van der Waals surface area contributed by atoms with E-state index in [9.17, 15) is 9.59 Å². The molecular weight excluding hydrogens is 428 g/mol. The molecule has 2 saturated heterocycles. The van der Waals surface area contributed by atoms with Gasteiger partial charge in [0.1, 0.15) is 15.8 Å². The number of thiocarbonyl (C=S) groups is 1. The van der Waals surface area contributed by atoms with E-state index in [0.717, 1.165) is 25.1 Å². The van der Waals surface area contributed by atoms with Crippen LogP contribution in [0, 0.1) is 18.8 Å². The minimum Gasteiger partial charge on any atom is -0.355 e. The zero-order valence-corrected chi connectivity index (χ0v) is 19.6. The highest BCUT2D eigenvalue weighted by Gasteiger charge is 2.33. The molecule has 0 N–H and O–H groups in total. The van der Waals surface area contributed by atoms with E-state index in [-0.39, 0.29) is 11.5 Å². The molecule has 4 heterocycles. The van der Waals surface area contributed by atoms with Gasteiger partial charge in [-0.25, -0.2) is 4.98 Å². The molecule has 0 saturated carbocycles. The molecule has 2 aliphatic heterocycles. The predicted molar refractivity (Wildman–Crippen MR) is 131 cm³/mol. The molecule has 6 nitrogen and oxygen atoms in total. The summed E-state index contributed by atoms with van der Waals surface area (Å²) in [5.41, 5.74) is 1.83. The van der Waals surface area contributed by atoms with Gasteiger partial charge in [-0.1, -0.05) is 50.0 Å². The lowest BCUT2D eigenvalue weighted by Gasteiger charge is -2.36. The topological polar surface area (TPSA) is 57.9 Å². The molecule has 2 aromatic rings. The first-order valence-corrected chi connectivity index (χ1v) is 11.6. The van der Waals surface area contributed by atoms with E-state index in [0.29, 0.717) is 44.6 Å². The third kappa shape index (κ3) is 4.19. The quantitative estimate of drug-likeness (QED) is 0.397. The van der Waals surface area contributed by atoms with E-state index < -0.39 is 0 Å². The van der Waals surface area contributed by atoms with Gasteiger partial charge in [-0.15, -0.1) is 6.58 Å². The molecule has 2 atom stereocenters. The Kier molecular flexibility index (Phi) is 6.03. The van der Waals surface area contributed by atoms with Crippen molar-refractivity contribution in [3.8, 4) is 0 Å². The molecule has 0 unspecified atom stereocenters. The van der Waals surface area contributed by atoms with Crippen LogP contribution in [0.2, 0.25) is 0 Å². The van der Waals surface area contributed by atoms with Gasteiger partial charge in [-0.2, -0.15) is 0 Å². The van der Waals surface area contributed by atoms with E-state index in [4.69, 9.17) is 17.2 Å². The van der Waals surface area contributed by atoms with Crippen molar-refractivity contribution in [2.75, 3.05) is 24.5 Å². The minimum absolute atomic E-state index is 0.177. The van der Waals surface area contributed by atoms with Crippen molar-refractivity contribution in [1.82, 2.24) is 14.3 Å². The predicted octanol–water partition coefficient (Wildman–Crippen LogP) is 3.87. The molecule has 8 heteroatoms. The maximum atomic E-state index is 13.6. The third-order valence-corrected chi connectivity index (χ3v) is 6.99. The molecule has 0 spiro atoms. The van der Waals surface area contributed by atoms with Gasteiger partial charge in [-0.3, -0.25) is 18.9 Å². The Bertz CT molecular complexity index is 1160. The standard InChI is InChI=1S/C23H26N4O2S2/c1-5-8-26-22(29)18(31-23(26)30)10-17-20(25-11-15(3)9-16(4)12-25)24-19-7-6-14(2)13-27(19)21(17)28/h5-7,10,13,15-16H,1,8-9,11-12H2,2-4H3/b18-10-/t15-,16-/m0/s1. The number of fused-ring (bicyclic) bond motifs is 1. The van der Waals surface area contributed by atoms with Gasteiger partial charge in [0.25, 0.3) is 11.5 Å². The number of carbonyl (C=O) groups is 1. The molecule has 0 radical (unpaired) electrons. The summed E-state index contributed by atoms with van der Waals surface area (Å²) < 4.78 is 2.04. The summed E-state index contributed by atoms with van der Waals surface area (Å²) in [6.07, 6.45) is 6.25. The van der Waals surface area contributed by atoms with Crippen molar-refractivity contribution in [1.29, 1.82) is 0 Å². The van der Waals surface area contributed by atoms with Crippen molar-refractivity contribution in [2.24, 2.45) is 11.8 Å². The Hall–Kier alpha value is -2.45. The molecule has 2 aliphatic rings. The van der Waals surface area contributed by atoms with E-state index in [1.54, 1.807) is 22.7 Å².